The molecular weight excluding hydrogens is 272 g/mol. The highest BCUT2D eigenvalue weighted by Gasteiger charge is 2.27. The number of hydrogen-bond acceptors (Lipinski definition) is 2. The smallest absolute Gasteiger partial charge is 0.160 e. The Balaban J connectivity index is 1.92. The predicted molar refractivity (Wildman–Crippen MR) is 90.0 cm³/mol. The van der Waals surface area contributed by atoms with Gasteiger partial charge in [0, 0.05) is 12.0 Å². The summed E-state index contributed by atoms with van der Waals surface area (Å²) >= 11 is 0. The van der Waals surface area contributed by atoms with E-state index in [-0.39, 0.29) is 11.5 Å². The maximum absolute atomic E-state index is 11.0. The van der Waals surface area contributed by atoms with E-state index in [1.807, 2.05) is 12.1 Å². The Morgan fingerprint density at radius 1 is 1.27 bits per heavy atom. The van der Waals surface area contributed by atoms with E-state index >= 15 is 0 Å². The summed E-state index contributed by atoms with van der Waals surface area (Å²) in [6, 6.07) is 6.06. The van der Waals surface area contributed by atoms with Crippen molar-refractivity contribution in [1.29, 1.82) is 0 Å². The molecule has 1 unspecified atom stereocenters. The average Bonchev–Trinajstić information content (AvgIpc) is 2.90. The Labute approximate surface area is 132 Å². The predicted octanol–water partition coefficient (Wildman–Crippen LogP) is 4.73. The molecule has 1 atom stereocenters. The average molecular weight is 296 g/mol. The normalized spacial score (nSPS) is 23.5. The number of ether oxygens (including phenoxy) is 1. The molecule has 0 saturated heterocycles. The summed E-state index contributed by atoms with van der Waals surface area (Å²) in [6.07, 6.45) is 9.45. The van der Waals surface area contributed by atoms with Gasteiger partial charge >= 0.3 is 0 Å². The van der Waals surface area contributed by atoms with Crippen molar-refractivity contribution >= 4 is 12.4 Å². The fraction of sp³-hybridized carbons (Fsp3) is 0.450. The molecule has 3 rings (SSSR count). The highest BCUT2D eigenvalue weighted by molar-refractivity contribution is 5.67. The molecule has 22 heavy (non-hydrogen) atoms. The third-order valence-corrected chi connectivity index (χ3v) is 4.98. The second-order valence-electron chi connectivity index (χ2n) is 7.09. The van der Waals surface area contributed by atoms with E-state index in [0.29, 0.717) is 6.42 Å². The second kappa shape index (κ2) is 5.75. The lowest BCUT2D eigenvalue weighted by Gasteiger charge is -2.33. The van der Waals surface area contributed by atoms with Crippen molar-refractivity contribution in [2.45, 2.75) is 52.6 Å². The summed E-state index contributed by atoms with van der Waals surface area (Å²) in [6.45, 7) is 6.91. The van der Waals surface area contributed by atoms with Crippen molar-refractivity contribution in [3.63, 3.8) is 0 Å². The Morgan fingerprint density at radius 3 is 2.82 bits per heavy atom. The summed E-state index contributed by atoms with van der Waals surface area (Å²) in [4.78, 5) is 11.0. The van der Waals surface area contributed by atoms with Crippen molar-refractivity contribution in [2.24, 2.45) is 5.41 Å². The van der Waals surface area contributed by atoms with Crippen molar-refractivity contribution in [3.8, 4) is 5.75 Å². The molecule has 0 bridgehead atoms. The molecule has 0 radical (unpaired) electrons. The Hall–Kier alpha value is -1.83. The number of aldehydes is 1. The molecule has 0 spiro atoms. The molecule has 1 heterocycles. The highest BCUT2D eigenvalue weighted by atomic mass is 16.5. The maximum atomic E-state index is 11.0. The monoisotopic (exact) mass is 296 g/mol. The van der Waals surface area contributed by atoms with E-state index in [4.69, 9.17) is 4.74 Å². The SMILES string of the molecule is CC1=C(/C=C/c2cccc3c2CC(C=O)O3)C(C)(C)CCC1. The number of carbonyl (C=O) groups excluding carboxylic acids is 1. The number of benzene rings is 1. The van der Waals surface area contributed by atoms with Gasteiger partial charge in [0.2, 0.25) is 0 Å². The van der Waals surface area contributed by atoms with Crippen LogP contribution in [0, 0.1) is 5.41 Å². The standard InChI is InChI=1S/C20H24O2/c1-14-6-5-11-20(2,3)18(14)10-9-15-7-4-8-19-17(15)12-16(13-21)22-19/h4,7-10,13,16H,5-6,11-12H2,1-3H3/b10-9+. The Morgan fingerprint density at radius 2 is 2.09 bits per heavy atom. The minimum Gasteiger partial charge on any atom is -0.482 e. The molecule has 0 saturated carbocycles. The molecular formula is C20H24O2. The topological polar surface area (TPSA) is 26.3 Å². The van der Waals surface area contributed by atoms with Crippen molar-refractivity contribution < 1.29 is 9.53 Å². The molecule has 1 aromatic carbocycles. The first-order chi connectivity index (χ1) is 10.5. The van der Waals surface area contributed by atoms with Gasteiger partial charge in [-0.2, -0.15) is 0 Å². The summed E-state index contributed by atoms with van der Waals surface area (Å²) < 4.78 is 5.64. The molecule has 1 aliphatic carbocycles. The van der Waals surface area contributed by atoms with Gasteiger partial charge in [-0.05, 0) is 48.8 Å². The third kappa shape index (κ3) is 2.75. The van der Waals surface area contributed by atoms with Crippen molar-refractivity contribution in [1.82, 2.24) is 0 Å². The van der Waals surface area contributed by atoms with Crippen LogP contribution in [0.3, 0.4) is 0 Å². The summed E-state index contributed by atoms with van der Waals surface area (Å²) in [5.74, 6) is 0.854. The number of hydrogen-bond donors (Lipinski definition) is 0. The van der Waals surface area contributed by atoms with Gasteiger partial charge in [-0.25, -0.2) is 0 Å². The lowest BCUT2D eigenvalue weighted by molar-refractivity contribution is -0.113. The molecule has 0 fully saturated rings. The van der Waals surface area contributed by atoms with Crippen LogP contribution in [0.2, 0.25) is 0 Å². The van der Waals surface area contributed by atoms with Gasteiger partial charge in [-0.3, -0.25) is 4.79 Å². The molecule has 1 aromatic rings. The van der Waals surface area contributed by atoms with Crippen molar-refractivity contribution in [3.05, 3.63) is 46.5 Å². The highest BCUT2D eigenvalue weighted by Crippen LogP contribution is 2.41. The summed E-state index contributed by atoms with van der Waals surface area (Å²) in [7, 11) is 0. The van der Waals surface area contributed by atoms with Gasteiger partial charge in [0.25, 0.3) is 0 Å². The van der Waals surface area contributed by atoms with Gasteiger partial charge in [0.05, 0.1) is 0 Å². The van der Waals surface area contributed by atoms with Gasteiger partial charge in [0.1, 0.15) is 5.75 Å². The van der Waals surface area contributed by atoms with Crippen LogP contribution in [0.25, 0.3) is 6.08 Å². The van der Waals surface area contributed by atoms with E-state index in [9.17, 15) is 4.79 Å². The second-order valence-corrected chi connectivity index (χ2v) is 7.09. The van der Waals surface area contributed by atoms with Gasteiger partial charge < -0.3 is 4.74 Å². The molecule has 0 N–H and O–H groups in total. The minimum absolute atomic E-state index is 0.249. The van der Waals surface area contributed by atoms with Crippen molar-refractivity contribution in [2.75, 3.05) is 0 Å². The quantitative estimate of drug-likeness (QED) is 0.754. The zero-order chi connectivity index (χ0) is 15.7. The van der Waals surface area contributed by atoms with Gasteiger partial charge in [0.15, 0.2) is 12.4 Å². The van der Waals surface area contributed by atoms with E-state index in [1.165, 1.54) is 36.0 Å². The summed E-state index contributed by atoms with van der Waals surface area (Å²) in [5.41, 5.74) is 5.54. The molecule has 2 aliphatic rings. The third-order valence-electron chi connectivity index (χ3n) is 4.98. The first-order valence-electron chi connectivity index (χ1n) is 8.13. The van der Waals surface area contributed by atoms with Crippen LogP contribution in [0.4, 0.5) is 0 Å². The minimum atomic E-state index is -0.323. The van der Waals surface area contributed by atoms with E-state index in [0.717, 1.165) is 17.6 Å². The van der Waals surface area contributed by atoms with Crippen LogP contribution in [0.5, 0.6) is 5.75 Å². The van der Waals surface area contributed by atoms with E-state index < -0.39 is 0 Å². The largest absolute Gasteiger partial charge is 0.482 e. The van der Waals surface area contributed by atoms with E-state index in [2.05, 4.69) is 39.0 Å². The number of fused-ring (bicyclic) bond motifs is 1. The first kappa shape index (κ1) is 15.1. The molecule has 2 heteroatoms. The molecule has 116 valence electrons. The van der Waals surface area contributed by atoms with Crippen LogP contribution in [0.1, 0.15) is 51.2 Å². The number of rotatable bonds is 3. The molecule has 0 amide bonds. The zero-order valence-electron chi connectivity index (χ0n) is 13.7. The molecule has 1 aliphatic heterocycles. The molecule has 0 aromatic heterocycles. The van der Waals surface area contributed by atoms with Crippen LogP contribution in [-0.2, 0) is 11.2 Å². The lowest BCUT2D eigenvalue weighted by Crippen LogP contribution is -2.19. The van der Waals surface area contributed by atoms with Crippen LogP contribution in [-0.4, -0.2) is 12.4 Å². The maximum Gasteiger partial charge on any atom is 0.160 e. The fourth-order valence-electron chi connectivity index (χ4n) is 3.73. The first-order valence-corrected chi connectivity index (χ1v) is 8.13. The molecule has 2 nitrogen and oxygen atoms in total. The number of allylic oxidation sites excluding steroid dienone is 3. The van der Waals surface area contributed by atoms with Crippen LogP contribution in [0.15, 0.2) is 35.4 Å². The number of carbonyl (C=O) groups is 1. The Kier molecular flexibility index (Phi) is 3.94. The summed E-state index contributed by atoms with van der Waals surface area (Å²) in [5, 5.41) is 0. The van der Waals surface area contributed by atoms with Gasteiger partial charge in [-0.15, -0.1) is 0 Å². The van der Waals surface area contributed by atoms with Crippen LogP contribution < -0.4 is 4.74 Å². The van der Waals surface area contributed by atoms with E-state index in [1.54, 1.807) is 0 Å². The lowest BCUT2D eigenvalue weighted by atomic mass is 9.72. The van der Waals surface area contributed by atoms with Crippen LogP contribution >= 0.6 is 0 Å². The zero-order valence-corrected chi connectivity index (χ0v) is 13.7. The Bertz CT molecular complexity index is 650. The fourth-order valence-corrected chi connectivity index (χ4v) is 3.73. The van der Waals surface area contributed by atoms with Gasteiger partial charge in [-0.1, -0.05) is 43.7 Å².